The van der Waals surface area contributed by atoms with Gasteiger partial charge in [0.05, 0.1) is 12.2 Å². The second-order valence-electron chi connectivity index (χ2n) is 8.47. The van der Waals surface area contributed by atoms with Crippen molar-refractivity contribution in [2.75, 3.05) is 44.2 Å². The Labute approximate surface area is 193 Å². The van der Waals surface area contributed by atoms with Gasteiger partial charge in [-0.2, -0.15) is 0 Å². The molecule has 1 N–H and O–H groups in total. The topological polar surface area (TPSA) is 59.7 Å². The van der Waals surface area contributed by atoms with Crippen molar-refractivity contribution in [2.24, 2.45) is 0 Å². The quantitative estimate of drug-likeness (QED) is 0.508. The van der Waals surface area contributed by atoms with Crippen LogP contribution in [0.4, 0.5) is 5.69 Å². The van der Waals surface area contributed by atoms with Gasteiger partial charge in [-0.1, -0.05) is 54.6 Å². The third kappa shape index (κ3) is 4.22. The molecule has 4 aromatic rings. The maximum atomic E-state index is 13.2. The molecule has 2 heterocycles. The van der Waals surface area contributed by atoms with Crippen molar-refractivity contribution in [1.29, 1.82) is 0 Å². The molecule has 0 aliphatic carbocycles. The van der Waals surface area contributed by atoms with Gasteiger partial charge in [-0.15, -0.1) is 0 Å². The molecule has 0 atom stereocenters. The molecule has 0 saturated carbocycles. The van der Waals surface area contributed by atoms with Crippen LogP contribution in [0.15, 0.2) is 72.8 Å². The number of likely N-dealkylation sites (N-methyl/N-ethyl adjacent to an activating group) is 1. The summed E-state index contributed by atoms with van der Waals surface area (Å²) in [5.41, 5.74) is 2.54. The van der Waals surface area contributed by atoms with Gasteiger partial charge in [-0.3, -0.25) is 14.5 Å². The average molecular weight is 441 g/mol. The number of nitrogens with one attached hydrogen (secondary N) is 1. The van der Waals surface area contributed by atoms with E-state index in [0.29, 0.717) is 45.0 Å². The maximum absolute atomic E-state index is 13.2. The molecule has 0 spiro atoms. The summed E-state index contributed by atoms with van der Waals surface area (Å²) in [5.74, 6) is 0.104. The number of aromatic amines is 1. The number of rotatable bonds is 5. The molecule has 1 fully saturated rings. The Hall–Kier alpha value is -3.64. The number of piperazine rings is 1. The molecule has 1 aliphatic heterocycles. The van der Waals surface area contributed by atoms with E-state index in [1.807, 2.05) is 71.3 Å². The molecule has 5 rings (SSSR count). The second kappa shape index (κ2) is 9.08. The zero-order valence-electron chi connectivity index (χ0n) is 18.8. The molecule has 6 heteroatoms. The fourth-order valence-electron chi connectivity index (χ4n) is 4.67. The number of anilines is 1. The monoisotopic (exact) mass is 440 g/mol. The number of para-hydroxylation sites is 1. The maximum Gasteiger partial charge on any atom is 0.270 e. The number of H-pyrrole nitrogens is 1. The molecular weight excluding hydrogens is 412 g/mol. The highest BCUT2D eigenvalue weighted by molar-refractivity contribution is 6.04. The molecule has 1 aromatic heterocycles. The average Bonchev–Trinajstić information content (AvgIpc) is 3.29. The first-order valence-electron chi connectivity index (χ1n) is 11.5. The standard InChI is InChI=1S/C27H28N4O2/c1-2-31(25-13-7-10-20-8-3-5-11-22(20)25)26(32)19-29-14-16-30(17-15-29)27(33)24-18-21-9-4-6-12-23(21)28-24/h3-13,18,28H,2,14-17,19H2,1H3. The van der Waals surface area contributed by atoms with Gasteiger partial charge in [0, 0.05) is 49.0 Å². The number of amides is 2. The molecule has 0 bridgehead atoms. The molecule has 0 unspecified atom stereocenters. The number of benzene rings is 3. The van der Waals surface area contributed by atoms with Crippen LogP contribution in [0, 0.1) is 0 Å². The summed E-state index contributed by atoms with van der Waals surface area (Å²) in [6, 6.07) is 24.1. The fourth-order valence-corrected chi connectivity index (χ4v) is 4.67. The lowest BCUT2D eigenvalue weighted by Crippen LogP contribution is -2.51. The van der Waals surface area contributed by atoms with Crippen molar-refractivity contribution < 1.29 is 9.59 Å². The molecule has 1 aliphatic rings. The summed E-state index contributed by atoms with van der Waals surface area (Å²) in [4.78, 5) is 35.3. The van der Waals surface area contributed by atoms with Gasteiger partial charge in [0.25, 0.3) is 5.91 Å². The zero-order valence-corrected chi connectivity index (χ0v) is 18.8. The summed E-state index contributed by atoms with van der Waals surface area (Å²) >= 11 is 0. The van der Waals surface area contributed by atoms with Gasteiger partial charge >= 0.3 is 0 Å². The van der Waals surface area contributed by atoms with Crippen molar-refractivity contribution in [3.05, 3.63) is 78.5 Å². The Morgan fingerprint density at radius 1 is 0.879 bits per heavy atom. The summed E-state index contributed by atoms with van der Waals surface area (Å²) in [5, 5.41) is 3.26. The number of nitrogens with zero attached hydrogens (tertiary/aromatic N) is 3. The fraction of sp³-hybridized carbons (Fsp3) is 0.259. The predicted molar refractivity (Wildman–Crippen MR) is 133 cm³/mol. The number of aromatic nitrogens is 1. The van der Waals surface area contributed by atoms with E-state index in [4.69, 9.17) is 0 Å². The Bertz CT molecular complexity index is 1270. The minimum atomic E-state index is 0.0168. The van der Waals surface area contributed by atoms with Gasteiger partial charge < -0.3 is 14.8 Å². The van der Waals surface area contributed by atoms with E-state index in [1.54, 1.807) is 0 Å². The summed E-state index contributed by atoms with van der Waals surface area (Å²) in [7, 11) is 0. The van der Waals surface area contributed by atoms with Gasteiger partial charge in [-0.25, -0.2) is 0 Å². The van der Waals surface area contributed by atoms with Crippen molar-refractivity contribution in [3.8, 4) is 0 Å². The number of carbonyl (C=O) groups excluding carboxylic acids is 2. The number of fused-ring (bicyclic) bond motifs is 2. The Morgan fingerprint density at radius 3 is 2.33 bits per heavy atom. The van der Waals surface area contributed by atoms with Crippen LogP contribution in [-0.2, 0) is 4.79 Å². The first-order chi connectivity index (χ1) is 16.1. The Morgan fingerprint density at radius 2 is 1.58 bits per heavy atom. The Balaban J connectivity index is 1.23. The second-order valence-corrected chi connectivity index (χ2v) is 8.47. The highest BCUT2D eigenvalue weighted by atomic mass is 16.2. The van der Waals surface area contributed by atoms with E-state index in [1.165, 1.54) is 0 Å². The minimum Gasteiger partial charge on any atom is -0.351 e. The molecule has 2 amide bonds. The van der Waals surface area contributed by atoms with Crippen molar-refractivity contribution in [2.45, 2.75) is 6.92 Å². The van der Waals surface area contributed by atoms with Crippen LogP contribution in [0.25, 0.3) is 21.7 Å². The van der Waals surface area contributed by atoms with E-state index in [2.05, 4.69) is 28.1 Å². The van der Waals surface area contributed by atoms with E-state index in [0.717, 1.165) is 27.4 Å². The van der Waals surface area contributed by atoms with Crippen LogP contribution >= 0.6 is 0 Å². The summed E-state index contributed by atoms with van der Waals surface area (Å²) in [6.07, 6.45) is 0. The molecule has 1 saturated heterocycles. The first-order valence-corrected chi connectivity index (χ1v) is 11.5. The third-order valence-electron chi connectivity index (χ3n) is 6.45. The number of hydrogen-bond acceptors (Lipinski definition) is 3. The van der Waals surface area contributed by atoms with Crippen LogP contribution in [0.5, 0.6) is 0 Å². The van der Waals surface area contributed by atoms with Crippen LogP contribution in [-0.4, -0.2) is 65.9 Å². The van der Waals surface area contributed by atoms with Crippen LogP contribution in [0.2, 0.25) is 0 Å². The van der Waals surface area contributed by atoms with Crippen LogP contribution < -0.4 is 4.90 Å². The van der Waals surface area contributed by atoms with E-state index < -0.39 is 0 Å². The first kappa shape index (κ1) is 21.2. The molecule has 168 valence electrons. The van der Waals surface area contributed by atoms with Crippen LogP contribution in [0.1, 0.15) is 17.4 Å². The molecular formula is C27H28N4O2. The molecule has 6 nitrogen and oxygen atoms in total. The third-order valence-corrected chi connectivity index (χ3v) is 6.45. The minimum absolute atomic E-state index is 0.0168. The lowest BCUT2D eigenvalue weighted by Gasteiger charge is -2.35. The van der Waals surface area contributed by atoms with E-state index >= 15 is 0 Å². The van der Waals surface area contributed by atoms with Gasteiger partial charge in [0.1, 0.15) is 5.69 Å². The van der Waals surface area contributed by atoms with Gasteiger partial charge in [0.2, 0.25) is 5.91 Å². The smallest absolute Gasteiger partial charge is 0.270 e. The van der Waals surface area contributed by atoms with Gasteiger partial charge in [0.15, 0.2) is 0 Å². The van der Waals surface area contributed by atoms with Crippen molar-refractivity contribution in [1.82, 2.24) is 14.8 Å². The number of hydrogen-bond donors (Lipinski definition) is 1. The van der Waals surface area contributed by atoms with E-state index in [9.17, 15) is 9.59 Å². The lowest BCUT2D eigenvalue weighted by atomic mass is 10.1. The zero-order chi connectivity index (χ0) is 22.8. The number of carbonyl (C=O) groups is 2. The lowest BCUT2D eigenvalue weighted by molar-refractivity contribution is -0.120. The van der Waals surface area contributed by atoms with Crippen LogP contribution in [0.3, 0.4) is 0 Å². The molecule has 0 radical (unpaired) electrons. The normalized spacial score (nSPS) is 14.6. The largest absolute Gasteiger partial charge is 0.351 e. The highest BCUT2D eigenvalue weighted by Gasteiger charge is 2.26. The summed E-state index contributed by atoms with van der Waals surface area (Å²) < 4.78 is 0. The highest BCUT2D eigenvalue weighted by Crippen LogP contribution is 2.27. The SMILES string of the molecule is CCN(C(=O)CN1CCN(C(=O)c2cc3ccccc3[nH]2)CC1)c1cccc2ccccc12. The van der Waals surface area contributed by atoms with E-state index in [-0.39, 0.29) is 11.8 Å². The predicted octanol–water partition coefficient (Wildman–Crippen LogP) is 4.13. The summed E-state index contributed by atoms with van der Waals surface area (Å²) in [6.45, 7) is 5.58. The van der Waals surface area contributed by atoms with Crippen molar-refractivity contribution >= 4 is 39.2 Å². The molecule has 3 aromatic carbocycles. The Kier molecular flexibility index (Phi) is 5.84. The molecule has 33 heavy (non-hydrogen) atoms. The van der Waals surface area contributed by atoms with Crippen molar-refractivity contribution in [3.63, 3.8) is 0 Å². The van der Waals surface area contributed by atoms with Gasteiger partial charge in [-0.05, 0) is 30.5 Å².